The van der Waals surface area contributed by atoms with Gasteiger partial charge in [0.15, 0.2) is 18.3 Å². The van der Waals surface area contributed by atoms with Crippen LogP contribution in [-0.4, -0.2) is 37.7 Å². The van der Waals surface area contributed by atoms with E-state index in [1.165, 1.54) is 0 Å². The van der Waals surface area contributed by atoms with E-state index in [1.807, 2.05) is 30.3 Å². The molecule has 1 heterocycles. The van der Waals surface area contributed by atoms with Crippen LogP contribution in [0.25, 0.3) is 0 Å². The van der Waals surface area contributed by atoms with Gasteiger partial charge in [0.1, 0.15) is 5.70 Å². The molecular weight excluding hydrogens is 411 g/mol. The molecule has 0 saturated carbocycles. The number of carbonyl (C=O) groups excluding carboxylic acids is 2. The van der Waals surface area contributed by atoms with Crippen LogP contribution in [0.2, 0.25) is 10.0 Å². The summed E-state index contributed by atoms with van der Waals surface area (Å²) in [6, 6.07) is 11.5. The first-order valence-corrected chi connectivity index (χ1v) is 10.0. The van der Waals surface area contributed by atoms with Gasteiger partial charge in [-0.2, -0.15) is 0 Å². The van der Waals surface area contributed by atoms with Crippen LogP contribution in [0.1, 0.15) is 29.5 Å². The number of benzene rings is 2. The molecule has 0 radical (unpaired) electrons. The van der Waals surface area contributed by atoms with Gasteiger partial charge in [-0.3, -0.25) is 9.59 Å². The third-order valence-corrected chi connectivity index (χ3v) is 5.41. The minimum Gasteiger partial charge on any atom is -0.488 e. The maximum atomic E-state index is 11.5. The quantitative estimate of drug-likeness (QED) is 0.392. The lowest BCUT2D eigenvalue weighted by Gasteiger charge is -2.33. The molecule has 1 N–H and O–H groups in total. The number of fused-ring (bicyclic) bond motifs is 1. The number of carbonyl (C=O) groups is 2. The Morgan fingerprint density at radius 2 is 2.03 bits per heavy atom. The number of halogens is 2. The molecule has 0 aliphatic carbocycles. The van der Waals surface area contributed by atoms with Crippen molar-refractivity contribution in [2.45, 2.75) is 19.4 Å². The van der Waals surface area contributed by atoms with Gasteiger partial charge in [0, 0.05) is 34.7 Å². The first kappa shape index (κ1) is 21.4. The lowest BCUT2D eigenvalue weighted by Crippen LogP contribution is -2.31. The molecule has 0 aromatic heterocycles. The fourth-order valence-corrected chi connectivity index (χ4v) is 4.17. The molecule has 7 heteroatoms. The summed E-state index contributed by atoms with van der Waals surface area (Å²) < 4.78 is 5.23. The molecule has 2 aromatic rings. The molecule has 0 bridgehead atoms. The second kappa shape index (κ2) is 9.44. The van der Waals surface area contributed by atoms with Crippen LogP contribution in [0.3, 0.4) is 0 Å². The lowest BCUT2D eigenvalue weighted by atomic mass is 9.84. The number of hydrogen-bond donors (Lipinski definition) is 1. The number of rotatable bonds is 7. The molecule has 0 spiro atoms. The van der Waals surface area contributed by atoms with E-state index in [4.69, 9.17) is 27.9 Å². The molecule has 1 aliphatic heterocycles. The van der Waals surface area contributed by atoms with Crippen LogP contribution in [-0.2, 0) is 20.9 Å². The zero-order valence-corrected chi connectivity index (χ0v) is 17.8. The molecule has 1 aliphatic rings. The summed E-state index contributed by atoms with van der Waals surface area (Å²) in [6.07, 6.45) is 1.11. The van der Waals surface area contributed by atoms with Gasteiger partial charge >= 0.3 is 0 Å². The summed E-state index contributed by atoms with van der Waals surface area (Å²) >= 11 is 12.7. The molecule has 29 heavy (non-hydrogen) atoms. The highest BCUT2D eigenvalue weighted by Crippen LogP contribution is 2.38. The predicted octanol–water partition coefficient (Wildman–Crippen LogP) is 4.63. The lowest BCUT2D eigenvalue weighted by molar-refractivity contribution is -0.109. The van der Waals surface area contributed by atoms with Crippen molar-refractivity contribution in [1.82, 2.24) is 4.90 Å². The summed E-state index contributed by atoms with van der Waals surface area (Å²) in [6.45, 7) is 3.61. The van der Waals surface area contributed by atoms with Crippen molar-refractivity contribution in [3.63, 3.8) is 0 Å². The minimum atomic E-state index is -0.0192. The van der Waals surface area contributed by atoms with Gasteiger partial charge in [-0.25, -0.2) is 0 Å². The third kappa shape index (κ3) is 4.81. The molecule has 5 nitrogen and oxygen atoms in total. The molecule has 0 amide bonds. The highest BCUT2D eigenvalue weighted by Gasteiger charge is 2.27. The van der Waals surface area contributed by atoms with Crippen molar-refractivity contribution in [3.05, 3.63) is 74.6 Å². The van der Waals surface area contributed by atoms with E-state index < -0.39 is 0 Å². The number of aldehydes is 2. The Bertz CT molecular complexity index is 959. The van der Waals surface area contributed by atoms with Crippen LogP contribution >= 0.6 is 23.2 Å². The van der Waals surface area contributed by atoms with E-state index in [0.29, 0.717) is 34.9 Å². The van der Waals surface area contributed by atoms with Gasteiger partial charge in [0.05, 0.1) is 6.61 Å². The maximum absolute atomic E-state index is 11.5. The van der Waals surface area contributed by atoms with Gasteiger partial charge in [-0.05, 0) is 54.9 Å². The molecule has 1 unspecified atom stereocenters. The van der Waals surface area contributed by atoms with Gasteiger partial charge in [0.25, 0.3) is 0 Å². The Balaban J connectivity index is 1.99. The Kier molecular flexibility index (Phi) is 6.96. The largest absolute Gasteiger partial charge is 0.488 e. The average molecular weight is 433 g/mol. The van der Waals surface area contributed by atoms with Crippen LogP contribution in [0.5, 0.6) is 0 Å². The summed E-state index contributed by atoms with van der Waals surface area (Å²) in [5.41, 5.74) is 4.00. The standard InChI is InChI=1S/C22H22Cl2N2O3/c1-3-29-22(13-28)21(12-27)25-16-6-4-5-14(7-16)18-10-26(2)11-19-17(18)8-15(23)9-20(19)24/h4-9,12-13,18,25H,3,10-11H2,1-2H3/b22-21-. The molecule has 3 rings (SSSR count). The highest BCUT2D eigenvalue weighted by atomic mass is 35.5. The topological polar surface area (TPSA) is 58.6 Å². The Morgan fingerprint density at radius 1 is 1.24 bits per heavy atom. The number of ether oxygens (including phenoxy) is 1. The van der Waals surface area contributed by atoms with Crippen molar-refractivity contribution in [2.75, 3.05) is 25.5 Å². The first-order valence-electron chi connectivity index (χ1n) is 9.27. The van der Waals surface area contributed by atoms with Crippen molar-refractivity contribution in [2.24, 2.45) is 0 Å². The van der Waals surface area contributed by atoms with Crippen LogP contribution < -0.4 is 5.32 Å². The molecule has 152 valence electrons. The van der Waals surface area contributed by atoms with E-state index in [1.54, 1.807) is 13.0 Å². The minimum absolute atomic E-state index is 0.0192. The average Bonchev–Trinajstić information content (AvgIpc) is 2.71. The van der Waals surface area contributed by atoms with Crippen molar-refractivity contribution >= 4 is 41.5 Å². The fraction of sp³-hybridized carbons (Fsp3) is 0.273. The summed E-state index contributed by atoms with van der Waals surface area (Å²) in [5, 5.41) is 4.26. The summed E-state index contributed by atoms with van der Waals surface area (Å²) in [7, 11) is 2.05. The smallest absolute Gasteiger partial charge is 0.186 e. The van der Waals surface area contributed by atoms with Gasteiger partial charge in [-0.15, -0.1) is 0 Å². The molecule has 0 fully saturated rings. The third-order valence-electron chi connectivity index (χ3n) is 4.85. The molecule has 0 saturated heterocycles. The number of anilines is 1. The molecule has 2 aromatic carbocycles. The van der Waals surface area contributed by atoms with Crippen LogP contribution in [0.4, 0.5) is 5.69 Å². The van der Waals surface area contributed by atoms with Gasteiger partial charge in [-0.1, -0.05) is 35.3 Å². The fourth-order valence-electron chi connectivity index (χ4n) is 3.60. The molecular formula is C22H22Cl2N2O3. The van der Waals surface area contributed by atoms with Gasteiger partial charge < -0.3 is 15.0 Å². The molecule has 1 atom stereocenters. The number of allylic oxidation sites excluding steroid dienone is 2. The second-order valence-electron chi connectivity index (χ2n) is 6.90. The van der Waals surface area contributed by atoms with E-state index >= 15 is 0 Å². The van der Waals surface area contributed by atoms with E-state index in [9.17, 15) is 9.59 Å². The summed E-state index contributed by atoms with van der Waals surface area (Å²) in [5.74, 6) is 0.0528. The van der Waals surface area contributed by atoms with Crippen LogP contribution in [0.15, 0.2) is 47.9 Å². The Labute approximate surface area is 180 Å². The van der Waals surface area contributed by atoms with E-state index in [2.05, 4.69) is 17.3 Å². The van der Waals surface area contributed by atoms with E-state index in [0.717, 1.165) is 29.8 Å². The van der Waals surface area contributed by atoms with Crippen molar-refractivity contribution in [3.8, 4) is 0 Å². The number of nitrogens with zero attached hydrogens (tertiary/aromatic N) is 1. The predicted molar refractivity (Wildman–Crippen MR) is 115 cm³/mol. The van der Waals surface area contributed by atoms with Gasteiger partial charge in [0.2, 0.25) is 0 Å². The number of hydrogen-bond acceptors (Lipinski definition) is 5. The zero-order chi connectivity index (χ0) is 21.0. The van der Waals surface area contributed by atoms with Crippen LogP contribution in [0, 0.1) is 0 Å². The monoisotopic (exact) mass is 432 g/mol. The SMILES string of the molecule is CCO/C(C=O)=C(/C=O)Nc1cccc(C2CN(C)Cc3c(Cl)cc(Cl)cc32)c1. The van der Waals surface area contributed by atoms with E-state index in [-0.39, 0.29) is 17.4 Å². The van der Waals surface area contributed by atoms with Crippen molar-refractivity contribution < 1.29 is 14.3 Å². The normalized spacial score (nSPS) is 17.2. The Morgan fingerprint density at radius 3 is 2.72 bits per heavy atom. The first-order chi connectivity index (χ1) is 14.0. The Hall–Kier alpha value is -2.34. The number of nitrogens with one attached hydrogen (secondary N) is 1. The number of likely N-dealkylation sites (N-methyl/N-ethyl adjacent to an activating group) is 1. The highest BCUT2D eigenvalue weighted by molar-refractivity contribution is 6.35. The van der Waals surface area contributed by atoms with Crippen molar-refractivity contribution in [1.29, 1.82) is 0 Å². The maximum Gasteiger partial charge on any atom is 0.186 e. The second-order valence-corrected chi connectivity index (χ2v) is 7.75. The summed E-state index contributed by atoms with van der Waals surface area (Å²) in [4.78, 5) is 24.9. The zero-order valence-electron chi connectivity index (χ0n) is 16.2.